The fraction of sp³-hybridized carbons (Fsp3) is 0.632. The van der Waals surface area contributed by atoms with Crippen LogP contribution < -0.4 is 14.9 Å². The fourth-order valence-corrected chi connectivity index (χ4v) is 4.58. The maximum Gasteiger partial charge on any atom is 0.315 e. The third kappa shape index (κ3) is 5.62. The monoisotopic (exact) mass is 381 g/mol. The zero-order valence-electron chi connectivity index (χ0n) is 16.0. The van der Waals surface area contributed by atoms with Crippen molar-refractivity contribution in [2.45, 2.75) is 58.4 Å². The summed E-state index contributed by atoms with van der Waals surface area (Å²) in [4.78, 5) is 12.1. The van der Waals surface area contributed by atoms with Crippen LogP contribution in [0.3, 0.4) is 0 Å². The van der Waals surface area contributed by atoms with Crippen LogP contribution in [0.1, 0.15) is 50.2 Å². The molecule has 0 unspecified atom stereocenters. The second-order valence-corrected chi connectivity index (χ2v) is 8.91. The number of hydrogen-bond acceptors (Lipinski definition) is 3. The van der Waals surface area contributed by atoms with E-state index in [4.69, 9.17) is 0 Å². The van der Waals surface area contributed by atoms with Gasteiger partial charge in [0.2, 0.25) is 10.0 Å². The van der Waals surface area contributed by atoms with E-state index in [2.05, 4.69) is 10.6 Å². The van der Waals surface area contributed by atoms with Gasteiger partial charge in [-0.25, -0.2) is 13.2 Å². The van der Waals surface area contributed by atoms with Gasteiger partial charge in [-0.1, -0.05) is 44.4 Å². The molecule has 146 valence electrons. The van der Waals surface area contributed by atoms with Crippen molar-refractivity contribution in [3.63, 3.8) is 0 Å². The van der Waals surface area contributed by atoms with Gasteiger partial charge in [0.15, 0.2) is 0 Å². The number of nitrogens with zero attached hydrogens (tertiary/aromatic N) is 1. The van der Waals surface area contributed by atoms with E-state index in [9.17, 15) is 13.2 Å². The van der Waals surface area contributed by atoms with Gasteiger partial charge in [0.1, 0.15) is 0 Å². The lowest BCUT2D eigenvalue weighted by atomic mass is 9.96. The fourth-order valence-electron chi connectivity index (χ4n) is 3.56. The van der Waals surface area contributed by atoms with E-state index in [1.54, 1.807) is 0 Å². The molecule has 2 N–H and O–H groups in total. The lowest BCUT2D eigenvalue weighted by Crippen LogP contribution is -2.46. The number of nitrogens with one attached hydrogen (secondary N) is 2. The highest BCUT2D eigenvalue weighted by Gasteiger charge is 2.22. The number of urea groups is 1. The average Bonchev–Trinajstić information content (AvgIpc) is 2.59. The number of aryl methyl sites for hydroxylation is 2. The molecule has 6 nitrogen and oxygen atoms in total. The van der Waals surface area contributed by atoms with E-state index < -0.39 is 10.0 Å². The number of sulfonamides is 1. The number of para-hydroxylation sites is 1. The highest BCUT2D eigenvalue weighted by molar-refractivity contribution is 7.92. The van der Waals surface area contributed by atoms with Crippen LogP contribution in [0.4, 0.5) is 10.5 Å². The third-order valence-electron chi connectivity index (χ3n) is 4.89. The minimum Gasteiger partial charge on any atom is -0.336 e. The van der Waals surface area contributed by atoms with Gasteiger partial charge in [-0.3, -0.25) is 4.31 Å². The number of rotatable bonds is 7. The molecule has 1 aromatic carbocycles. The molecule has 0 aromatic heterocycles. The van der Waals surface area contributed by atoms with Gasteiger partial charge in [0.25, 0.3) is 0 Å². The Morgan fingerprint density at radius 3 is 2.54 bits per heavy atom. The molecule has 2 amide bonds. The molecule has 0 aliphatic heterocycles. The summed E-state index contributed by atoms with van der Waals surface area (Å²) in [5.41, 5.74) is 2.63. The Hall–Kier alpha value is -1.76. The van der Waals surface area contributed by atoms with Crippen LogP contribution in [-0.2, 0) is 16.4 Å². The van der Waals surface area contributed by atoms with Crippen molar-refractivity contribution in [1.29, 1.82) is 0 Å². The zero-order chi connectivity index (χ0) is 19.2. The first-order valence-corrected chi connectivity index (χ1v) is 11.3. The molecule has 0 heterocycles. The van der Waals surface area contributed by atoms with E-state index in [-0.39, 0.29) is 25.2 Å². The van der Waals surface area contributed by atoms with Gasteiger partial charge in [-0.15, -0.1) is 0 Å². The molecule has 0 spiro atoms. The Kier molecular flexibility index (Phi) is 7.32. The molecule has 0 atom stereocenters. The van der Waals surface area contributed by atoms with Crippen molar-refractivity contribution in [3.05, 3.63) is 29.3 Å². The van der Waals surface area contributed by atoms with Gasteiger partial charge in [-0.2, -0.15) is 0 Å². The molecule has 7 heteroatoms. The van der Waals surface area contributed by atoms with E-state index in [1.807, 2.05) is 32.0 Å². The normalized spacial score (nSPS) is 15.5. The predicted molar refractivity (Wildman–Crippen MR) is 106 cm³/mol. The standard InChI is InChI=1S/C19H31N3O3S/c1-4-16-10-8-9-15(2)18(16)22(26(3,24)25)14-13-20-19(23)21-17-11-6-5-7-12-17/h8-10,17H,4-7,11-14H2,1-3H3,(H2,20,21,23). The van der Waals surface area contributed by atoms with Crippen molar-refractivity contribution in [1.82, 2.24) is 10.6 Å². The van der Waals surface area contributed by atoms with Crippen molar-refractivity contribution in [3.8, 4) is 0 Å². The number of amides is 2. The molecule has 1 saturated carbocycles. The maximum atomic E-state index is 12.3. The molecule has 1 fully saturated rings. The molecular weight excluding hydrogens is 350 g/mol. The largest absolute Gasteiger partial charge is 0.336 e. The summed E-state index contributed by atoms with van der Waals surface area (Å²) in [5, 5.41) is 5.79. The summed E-state index contributed by atoms with van der Waals surface area (Å²) in [6, 6.07) is 5.82. The van der Waals surface area contributed by atoms with E-state index >= 15 is 0 Å². The second-order valence-electron chi connectivity index (χ2n) is 7.01. The average molecular weight is 382 g/mol. The number of anilines is 1. The summed E-state index contributed by atoms with van der Waals surface area (Å²) >= 11 is 0. The topological polar surface area (TPSA) is 78.5 Å². The Morgan fingerprint density at radius 1 is 1.23 bits per heavy atom. The van der Waals surface area contributed by atoms with Gasteiger partial charge in [0.05, 0.1) is 18.5 Å². The molecular formula is C19H31N3O3S. The first-order chi connectivity index (χ1) is 12.3. The van der Waals surface area contributed by atoms with Crippen LogP contribution in [0.2, 0.25) is 0 Å². The highest BCUT2D eigenvalue weighted by Crippen LogP contribution is 2.27. The smallest absolute Gasteiger partial charge is 0.315 e. The second kappa shape index (κ2) is 9.26. The van der Waals surface area contributed by atoms with Crippen molar-refractivity contribution in [2.24, 2.45) is 0 Å². The van der Waals surface area contributed by atoms with Crippen molar-refractivity contribution < 1.29 is 13.2 Å². The van der Waals surface area contributed by atoms with E-state index in [0.717, 1.165) is 48.9 Å². The highest BCUT2D eigenvalue weighted by atomic mass is 32.2. The summed E-state index contributed by atoms with van der Waals surface area (Å²) in [6.45, 7) is 4.41. The summed E-state index contributed by atoms with van der Waals surface area (Å²) in [7, 11) is -3.44. The van der Waals surface area contributed by atoms with Crippen LogP contribution in [0.25, 0.3) is 0 Å². The van der Waals surface area contributed by atoms with Gasteiger partial charge in [0, 0.05) is 12.6 Å². The van der Waals surface area contributed by atoms with Crippen LogP contribution in [0, 0.1) is 6.92 Å². The Morgan fingerprint density at radius 2 is 1.92 bits per heavy atom. The zero-order valence-corrected chi connectivity index (χ0v) is 16.9. The number of carbonyl (C=O) groups excluding carboxylic acids is 1. The van der Waals surface area contributed by atoms with Crippen LogP contribution in [-0.4, -0.2) is 39.8 Å². The van der Waals surface area contributed by atoms with Crippen LogP contribution >= 0.6 is 0 Å². The van der Waals surface area contributed by atoms with Gasteiger partial charge in [-0.05, 0) is 37.3 Å². The SMILES string of the molecule is CCc1cccc(C)c1N(CCNC(=O)NC1CCCCC1)S(C)(=O)=O. The Bertz CT molecular complexity index is 713. The molecule has 1 aromatic rings. The lowest BCUT2D eigenvalue weighted by molar-refractivity contribution is 0.233. The Balaban J connectivity index is 2.00. The van der Waals surface area contributed by atoms with Crippen LogP contribution in [0.5, 0.6) is 0 Å². The molecule has 0 bridgehead atoms. The predicted octanol–water partition coefficient (Wildman–Crippen LogP) is 2.96. The van der Waals surface area contributed by atoms with Crippen molar-refractivity contribution in [2.75, 3.05) is 23.7 Å². The number of benzene rings is 1. The quantitative estimate of drug-likeness (QED) is 0.762. The summed E-state index contributed by atoms with van der Waals surface area (Å²) < 4.78 is 26.1. The minimum atomic E-state index is -3.44. The molecule has 26 heavy (non-hydrogen) atoms. The first kappa shape index (κ1) is 20.6. The molecule has 1 aliphatic carbocycles. The molecule has 2 rings (SSSR count). The third-order valence-corrected chi connectivity index (χ3v) is 6.06. The van der Waals surface area contributed by atoms with E-state index in [0.29, 0.717) is 0 Å². The molecule has 0 radical (unpaired) electrons. The summed E-state index contributed by atoms with van der Waals surface area (Å²) in [5.74, 6) is 0. The Labute approximate surface area is 157 Å². The number of carbonyl (C=O) groups is 1. The maximum absolute atomic E-state index is 12.3. The van der Waals surface area contributed by atoms with Crippen molar-refractivity contribution >= 4 is 21.7 Å². The molecule has 0 saturated heterocycles. The first-order valence-electron chi connectivity index (χ1n) is 9.43. The van der Waals surface area contributed by atoms with Gasteiger partial charge < -0.3 is 10.6 Å². The molecule has 1 aliphatic rings. The van der Waals surface area contributed by atoms with Crippen LogP contribution in [0.15, 0.2) is 18.2 Å². The minimum absolute atomic E-state index is 0.217. The number of hydrogen-bond donors (Lipinski definition) is 2. The lowest BCUT2D eigenvalue weighted by Gasteiger charge is -2.27. The van der Waals surface area contributed by atoms with E-state index in [1.165, 1.54) is 17.0 Å². The van der Waals surface area contributed by atoms with Gasteiger partial charge >= 0.3 is 6.03 Å². The summed E-state index contributed by atoms with van der Waals surface area (Å²) in [6.07, 6.45) is 7.54.